The second kappa shape index (κ2) is 4.11. The fraction of sp³-hybridized carbons (Fsp3) is 0.300. The lowest BCUT2D eigenvalue weighted by molar-refractivity contribution is 0.534. The number of rotatable bonds is 4. The van der Waals surface area contributed by atoms with Gasteiger partial charge in [0, 0.05) is 37.9 Å². The molecule has 0 bridgehead atoms. The lowest BCUT2D eigenvalue weighted by atomic mass is 10.3. The molecule has 4 heteroatoms. The van der Waals surface area contributed by atoms with Crippen molar-refractivity contribution in [3.63, 3.8) is 0 Å². The Balaban J connectivity index is 1.92. The number of aromatic nitrogens is 3. The van der Waals surface area contributed by atoms with Gasteiger partial charge >= 0.3 is 0 Å². The van der Waals surface area contributed by atoms with Gasteiger partial charge in [0.05, 0.1) is 6.54 Å². The highest BCUT2D eigenvalue weighted by molar-refractivity contribution is 5.09. The predicted octanol–water partition coefficient (Wildman–Crippen LogP) is 0.843. The molecular weight excluding hydrogens is 176 g/mol. The van der Waals surface area contributed by atoms with Gasteiger partial charge in [0.25, 0.3) is 0 Å². The number of nitrogens with two attached hydrogens (primary N) is 1. The molecule has 0 saturated heterocycles. The summed E-state index contributed by atoms with van der Waals surface area (Å²) in [5.74, 6) is 0. The van der Waals surface area contributed by atoms with Crippen molar-refractivity contribution in [3.05, 3.63) is 42.5 Å². The highest BCUT2D eigenvalue weighted by Crippen LogP contribution is 2.00. The van der Waals surface area contributed by atoms with Crippen molar-refractivity contribution in [2.75, 3.05) is 0 Å². The highest BCUT2D eigenvalue weighted by atomic mass is 15.3. The minimum absolute atomic E-state index is 0.606. The fourth-order valence-corrected chi connectivity index (χ4v) is 1.40. The molecule has 0 aliphatic carbocycles. The van der Waals surface area contributed by atoms with Gasteiger partial charge in [0.1, 0.15) is 0 Å². The Labute approximate surface area is 82.9 Å². The van der Waals surface area contributed by atoms with E-state index in [-0.39, 0.29) is 0 Å². The maximum absolute atomic E-state index is 5.52. The molecule has 0 unspecified atom stereocenters. The van der Waals surface area contributed by atoms with E-state index in [1.807, 2.05) is 29.2 Å². The molecule has 14 heavy (non-hydrogen) atoms. The molecular formula is C10H14N4. The number of nitrogens with zero attached hydrogens (tertiary/aromatic N) is 3. The minimum Gasteiger partial charge on any atom is -0.352 e. The van der Waals surface area contributed by atoms with E-state index in [1.54, 1.807) is 6.20 Å². The van der Waals surface area contributed by atoms with Crippen molar-refractivity contribution in [2.45, 2.75) is 19.6 Å². The highest BCUT2D eigenvalue weighted by Gasteiger charge is 1.95. The van der Waals surface area contributed by atoms with Gasteiger partial charge < -0.3 is 10.3 Å². The normalized spacial score (nSPS) is 10.6. The van der Waals surface area contributed by atoms with Crippen LogP contribution in [0.3, 0.4) is 0 Å². The summed E-state index contributed by atoms with van der Waals surface area (Å²) in [7, 11) is 0. The average Bonchev–Trinajstić information content (AvgIpc) is 2.86. The SMILES string of the molecule is NCc1ccn(CCn2cccn2)c1. The van der Waals surface area contributed by atoms with Crippen LogP contribution in [-0.2, 0) is 19.6 Å². The van der Waals surface area contributed by atoms with Gasteiger partial charge in [-0.2, -0.15) is 5.10 Å². The van der Waals surface area contributed by atoms with Gasteiger partial charge in [-0.05, 0) is 17.7 Å². The summed E-state index contributed by atoms with van der Waals surface area (Å²) in [4.78, 5) is 0. The summed E-state index contributed by atoms with van der Waals surface area (Å²) in [6.07, 6.45) is 7.88. The summed E-state index contributed by atoms with van der Waals surface area (Å²) < 4.78 is 4.05. The van der Waals surface area contributed by atoms with Crippen LogP contribution in [0.4, 0.5) is 0 Å². The molecule has 2 aromatic heterocycles. The third-order valence-electron chi connectivity index (χ3n) is 2.19. The molecule has 0 aliphatic heterocycles. The van der Waals surface area contributed by atoms with Crippen molar-refractivity contribution in [3.8, 4) is 0 Å². The van der Waals surface area contributed by atoms with Gasteiger partial charge in [0.15, 0.2) is 0 Å². The van der Waals surface area contributed by atoms with E-state index in [0.29, 0.717) is 6.54 Å². The van der Waals surface area contributed by atoms with E-state index < -0.39 is 0 Å². The molecule has 0 radical (unpaired) electrons. The molecule has 2 aromatic rings. The van der Waals surface area contributed by atoms with Crippen molar-refractivity contribution >= 4 is 0 Å². The Morgan fingerprint density at radius 2 is 2.21 bits per heavy atom. The maximum atomic E-state index is 5.52. The van der Waals surface area contributed by atoms with E-state index in [0.717, 1.165) is 13.1 Å². The number of hydrogen-bond acceptors (Lipinski definition) is 2. The molecule has 2 N–H and O–H groups in total. The van der Waals surface area contributed by atoms with Crippen LogP contribution in [0.5, 0.6) is 0 Å². The van der Waals surface area contributed by atoms with Crippen LogP contribution < -0.4 is 5.73 Å². The van der Waals surface area contributed by atoms with Crippen LogP contribution >= 0.6 is 0 Å². The number of hydrogen-bond donors (Lipinski definition) is 1. The Morgan fingerprint density at radius 3 is 2.86 bits per heavy atom. The van der Waals surface area contributed by atoms with Crippen molar-refractivity contribution in [1.82, 2.24) is 14.3 Å². The zero-order valence-corrected chi connectivity index (χ0v) is 8.00. The van der Waals surface area contributed by atoms with E-state index in [1.165, 1.54) is 5.56 Å². The van der Waals surface area contributed by atoms with Crippen molar-refractivity contribution < 1.29 is 0 Å². The zero-order valence-electron chi connectivity index (χ0n) is 8.00. The van der Waals surface area contributed by atoms with Crippen molar-refractivity contribution in [2.24, 2.45) is 5.73 Å². The van der Waals surface area contributed by atoms with Crippen LogP contribution in [0.25, 0.3) is 0 Å². The van der Waals surface area contributed by atoms with Crippen LogP contribution in [0.15, 0.2) is 36.9 Å². The first-order valence-electron chi connectivity index (χ1n) is 4.70. The van der Waals surface area contributed by atoms with Crippen LogP contribution in [-0.4, -0.2) is 14.3 Å². The fourth-order valence-electron chi connectivity index (χ4n) is 1.40. The molecule has 2 heterocycles. The van der Waals surface area contributed by atoms with Gasteiger partial charge in [-0.15, -0.1) is 0 Å². The van der Waals surface area contributed by atoms with Crippen LogP contribution in [0.2, 0.25) is 0 Å². The summed E-state index contributed by atoms with van der Waals surface area (Å²) in [6, 6.07) is 3.98. The lowest BCUT2D eigenvalue weighted by Crippen LogP contribution is -2.06. The van der Waals surface area contributed by atoms with Gasteiger partial charge in [-0.1, -0.05) is 0 Å². The Hall–Kier alpha value is -1.55. The molecule has 2 rings (SSSR count). The summed E-state index contributed by atoms with van der Waals surface area (Å²) in [5, 5.41) is 4.14. The van der Waals surface area contributed by atoms with Crippen LogP contribution in [0, 0.1) is 0 Å². The van der Waals surface area contributed by atoms with Gasteiger partial charge in [-0.3, -0.25) is 4.68 Å². The quantitative estimate of drug-likeness (QED) is 0.776. The molecule has 0 spiro atoms. The third-order valence-corrected chi connectivity index (χ3v) is 2.19. The Morgan fingerprint density at radius 1 is 1.29 bits per heavy atom. The smallest absolute Gasteiger partial charge is 0.0588 e. The maximum Gasteiger partial charge on any atom is 0.0588 e. The number of aryl methyl sites for hydroxylation is 2. The third kappa shape index (κ3) is 2.03. The monoisotopic (exact) mass is 190 g/mol. The predicted molar refractivity (Wildman–Crippen MR) is 54.6 cm³/mol. The second-order valence-corrected chi connectivity index (χ2v) is 3.23. The van der Waals surface area contributed by atoms with E-state index in [2.05, 4.69) is 15.9 Å². The first kappa shape index (κ1) is 9.02. The molecule has 0 fully saturated rings. The molecule has 4 nitrogen and oxygen atoms in total. The molecule has 0 aliphatic rings. The molecule has 0 saturated carbocycles. The summed E-state index contributed by atoms with van der Waals surface area (Å²) in [6.45, 7) is 2.43. The summed E-state index contributed by atoms with van der Waals surface area (Å²) in [5.41, 5.74) is 6.69. The first-order chi connectivity index (χ1) is 6.88. The first-order valence-corrected chi connectivity index (χ1v) is 4.70. The Kier molecular flexibility index (Phi) is 2.65. The van der Waals surface area contributed by atoms with Gasteiger partial charge in [0.2, 0.25) is 0 Å². The van der Waals surface area contributed by atoms with E-state index in [9.17, 15) is 0 Å². The molecule has 0 amide bonds. The van der Waals surface area contributed by atoms with E-state index in [4.69, 9.17) is 5.73 Å². The second-order valence-electron chi connectivity index (χ2n) is 3.23. The van der Waals surface area contributed by atoms with Crippen molar-refractivity contribution in [1.29, 1.82) is 0 Å². The topological polar surface area (TPSA) is 48.8 Å². The Bertz CT molecular complexity index is 374. The minimum atomic E-state index is 0.606. The standard InChI is InChI=1S/C10H14N4/c11-8-10-2-5-13(9-10)6-7-14-4-1-3-12-14/h1-5,9H,6-8,11H2. The summed E-state index contributed by atoms with van der Waals surface area (Å²) >= 11 is 0. The van der Waals surface area contributed by atoms with E-state index >= 15 is 0 Å². The lowest BCUT2D eigenvalue weighted by Gasteiger charge is -2.02. The molecule has 74 valence electrons. The van der Waals surface area contributed by atoms with Gasteiger partial charge in [-0.25, -0.2) is 0 Å². The van der Waals surface area contributed by atoms with Crippen LogP contribution in [0.1, 0.15) is 5.56 Å². The molecule has 0 atom stereocenters. The molecule has 0 aromatic carbocycles. The largest absolute Gasteiger partial charge is 0.352 e. The average molecular weight is 190 g/mol. The zero-order chi connectivity index (χ0) is 9.80.